The summed E-state index contributed by atoms with van der Waals surface area (Å²) in [5, 5.41) is 8.20. The smallest absolute Gasteiger partial charge is 0.416 e. The van der Waals surface area contributed by atoms with E-state index in [9.17, 15) is 26.0 Å². The normalized spacial score (nSPS) is 16.7. The van der Waals surface area contributed by atoms with Crippen LogP contribution in [-0.2, 0) is 42.4 Å². The summed E-state index contributed by atoms with van der Waals surface area (Å²) in [5.41, 5.74) is 2.06. The van der Waals surface area contributed by atoms with Gasteiger partial charge in [-0.2, -0.15) is 17.5 Å². The van der Waals surface area contributed by atoms with Crippen LogP contribution in [0.4, 0.5) is 23.2 Å². The number of piperazine rings is 1. The highest BCUT2D eigenvalue weighted by atomic mass is 32.2. The first-order valence-electron chi connectivity index (χ1n) is 15.7. The molecule has 2 aliphatic heterocycles. The molecule has 0 unspecified atom stereocenters. The number of rotatable bonds is 7. The third-order valence-electron chi connectivity index (χ3n) is 8.70. The van der Waals surface area contributed by atoms with Gasteiger partial charge < -0.3 is 9.64 Å². The molecule has 0 amide bonds. The molecule has 1 saturated heterocycles. The number of aromatic nitrogens is 3. The molecule has 3 heterocycles. The zero-order chi connectivity index (χ0) is 34.2. The van der Waals surface area contributed by atoms with E-state index in [0.29, 0.717) is 60.9 Å². The van der Waals surface area contributed by atoms with Crippen molar-refractivity contribution >= 4 is 15.7 Å². The molecule has 1 aromatic heterocycles. The number of alkyl halides is 3. The molecule has 0 spiro atoms. The minimum absolute atomic E-state index is 0.000277. The van der Waals surface area contributed by atoms with Crippen molar-refractivity contribution in [3.8, 4) is 11.5 Å². The van der Waals surface area contributed by atoms with Crippen LogP contribution >= 0.6 is 0 Å². The molecule has 254 valence electrons. The van der Waals surface area contributed by atoms with Crippen molar-refractivity contribution in [2.75, 3.05) is 31.1 Å². The second-order valence-corrected chi connectivity index (χ2v) is 14.0. The Kier molecular flexibility index (Phi) is 8.86. The lowest BCUT2D eigenvalue weighted by molar-refractivity contribution is -0.137. The molecule has 0 saturated carbocycles. The minimum Gasteiger partial charge on any atom is -0.456 e. The summed E-state index contributed by atoms with van der Waals surface area (Å²) >= 11 is 0. The molecule has 4 aromatic carbocycles. The van der Waals surface area contributed by atoms with Crippen LogP contribution in [0.1, 0.15) is 27.9 Å². The maximum Gasteiger partial charge on any atom is 0.416 e. The number of ether oxygens (including phenoxy) is 1. The first-order valence-corrected chi connectivity index (χ1v) is 17.1. The number of hydrogen-bond acceptors (Lipinski definition) is 7. The monoisotopic (exact) mass is 692 g/mol. The highest BCUT2D eigenvalue weighted by Crippen LogP contribution is 2.39. The quantitative estimate of drug-likeness (QED) is 0.185. The third-order valence-corrected chi connectivity index (χ3v) is 10.5. The van der Waals surface area contributed by atoms with Crippen molar-refractivity contribution < 1.29 is 30.7 Å². The van der Waals surface area contributed by atoms with E-state index in [2.05, 4.69) is 20.1 Å². The summed E-state index contributed by atoms with van der Waals surface area (Å²) in [6.45, 7) is 3.17. The van der Waals surface area contributed by atoms with E-state index in [0.717, 1.165) is 17.8 Å². The van der Waals surface area contributed by atoms with Gasteiger partial charge in [0.2, 0.25) is 10.0 Å². The Hall–Kier alpha value is -4.79. The predicted octanol–water partition coefficient (Wildman–Crippen LogP) is 6.30. The van der Waals surface area contributed by atoms with E-state index < -0.39 is 21.8 Å². The Morgan fingerprint density at radius 2 is 1.57 bits per heavy atom. The van der Waals surface area contributed by atoms with Gasteiger partial charge in [-0.3, -0.25) is 4.90 Å². The van der Waals surface area contributed by atoms with Gasteiger partial charge in [0.05, 0.1) is 30.5 Å². The Morgan fingerprint density at radius 3 is 2.37 bits per heavy atom. The predicted molar refractivity (Wildman–Crippen MR) is 174 cm³/mol. The second kappa shape index (κ2) is 13.3. The number of anilines is 1. The SMILES string of the molecule is O=S1(=O)c2ccc(N3CCN(Cc4ccccc4F)CC3)cc2Oc2ccccc2CN1Cc1cn(Cc2cccc(C(F)(F)F)c2)nn1. The van der Waals surface area contributed by atoms with Crippen LogP contribution in [0, 0.1) is 5.82 Å². The molecule has 0 aliphatic carbocycles. The Balaban J connectivity index is 1.11. The average Bonchev–Trinajstić information content (AvgIpc) is 3.52. The number of nitrogens with zero attached hydrogens (tertiary/aromatic N) is 6. The van der Waals surface area contributed by atoms with Crippen LogP contribution in [0.25, 0.3) is 0 Å². The van der Waals surface area contributed by atoms with Gasteiger partial charge >= 0.3 is 6.18 Å². The molecule has 5 aromatic rings. The van der Waals surface area contributed by atoms with Gasteiger partial charge in [-0.25, -0.2) is 17.5 Å². The Morgan fingerprint density at radius 1 is 0.796 bits per heavy atom. The maximum atomic E-state index is 14.2. The number of fused-ring (bicyclic) bond motifs is 2. The molecule has 2 aliphatic rings. The van der Waals surface area contributed by atoms with Crippen LogP contribution in [0.5, 0.6) is 11.5 Å². The van der Waals surface area contributed by atoms with Gasteiger partial charge in [-0.15, -0.1) is 5.10 Å². The lowest BCUT2D eigenvalue weighted by Crippen LogP contribution is -2.46. The van der Waals surface area contributed by atoms with Crippen molar-refractivity contribution in [2.24, 2.45) is 0 Å². The molecule has 1 fully saturated rings. The van der Waals surface area contributed by atoms with Gasteiger partial charge in [0.1, 0.15) is 22.2 Å². The first kappa shape index (κ1) is 32.7. The van der Waals surface area contributed by atoms with Crippen LogP contribution in [-0.4, -0.2) is 58.8 Å². The van der Waals surface area contributed by atoms with E-state index in [1.54, 1.807) is 54.6 Å². The summed E-state index contributed by atoms with van der Waals surface area (Å²) in [6, 6.07) is 24.0. The number of benzene rings is 4. The van der Waals surface area contributed by atoms with E-state index in [1.165, 1.54) is 27.3 Å². The Bertz CT molecular complexity index is 2080. The van der Waals surface area contributed by atoms with Gasteiger partial charge in [-0.1, -0.05) is 53.7 Å². The van der Waals surface area contributed by atoms with Crippen molar-refractivity contribution in [2.45, 2.75) is 37.3 Å². The minimum atomic E-state index is -4.47. The number of para-hydroxylation sites is 1. The summed E-state index contributed by atoms with van der Waals surface area (Å²) in [4.78, 5) is 4.34. The lowest BCUT2D eigenvalue weighted by Gasteiger charge is -2.36. The molecular weight excluding hydrogens is 660 g/mol. The highest BCUT2D eigenvalue weighted by molar-refractivity contribution is 7.89. The summed E-state index contributed by atoms with van der Waals surface area (Å²) in [6.07, 6.45) is -2.94. The molecule has 0 N–H and O–H groups in total. The van der Waals surface area contributed by atoms with Gasteiger partial charge in [-0.05, 0) is 42.0 Å². The topological polar surface area (TPSA) is 83.8 Å². The number of hydrogen-bond donors (Lipinski definition) is 0. The van der Waals surface area contributed by atoms with Crippen molar-refractivity contribution in [1.82, 2.24) is 24.2 Å². The highest BCUT2D eigenvalue weighted by Gasteiger charge is 2.33. The lowest BCUT2D eigenvalue weighted by atomic mass is 10.1. The van der Waals surface area contributed by atoms with Crippen molar-refractivity contribution in [3.63, 3.8) is 0 Å². The van der Waals surface area contributed by atoms with Crippen LogP contribution in [0.2, 0.25) is 0 Å². The number of halogens is 4. The van der Waals surface area contributed by atoms with Crippen molar-refractivity contribution in [1.29, 1.82) is 0 Å². The van der Waals surface area contributed by atoms with Crippen molar-refractivity contribution in [3.05, 3.63) is 131 Å². The maximum absolute atomic E-state index is 14.2. The van der Waals surface area contributed by atoms with E-state index in [4.69, 9.17) is 4.74 Å². The summed E-state index contributed by atoms with van der Waals surface area (Å²) in [5.74, 6) is 0.486. The van der Waals surface area contributed by atoms with Crippen LogP contribution < -0.4 is 9.64 Å². The molecule has 14 heteroatoms. The van der Waals surface area contributed by atoms with Crippen LogP contribution in [0.15, 0.2) is 102 Å². The summed E-state index contributed by atoms with van der Waals surface area (Å²) < 4.78 is 91.2. The third kappa shape index (κ3) is 7.16. The first-order chi connectivity index (χ1) is 23.5. The molecule has 0 bridgehead atoms. The van der Waals surface area contributed by atoms with Gasteiger partial charge in [0, 0.05) is 62.1 Å². The van der Waals surface area contributed by atoms with Crippen LogP contribution in [0.3, 0.4) is 0 Å². The van der Waals surface area contributed by atoms with E-state index >= 15 is 0 Å². The van der Waals surface area contributed by atoms with Gasteiger partial charge in [0.15, 0.2) is 0 Å². The molecule has 49 heavy (non-hydrogen) atoms. The summed E-state index contributed by atoms with van der Waals surface area (Å²) in [7, 11) is -4.11. The molecule has 0 atom stereocenters. The Labute approximate surface area is 281 Å². The molecule has 7 rings (SSSR count). The largest absolute Gasteiger partial charge is 0.456 e. The fraction of sp³-hybridized carbons (Fsp3) is 0.257. The zero-order valence-electron chi connectivity index (χ0n) is 26.2. The van der Waals surface area contributed by atoms with E-state index in [1.807, 2.05) is 12.1 Å². The molecule has 0 radical (unpaired) electrons. The molecule has 9 nitrogen and oxygen atoms in total. The zero-order valence-corrected chi connectivity index (χ0v) is 27.0. The second-order valence-electron chi connectivity index (χ2n) is 12.1. The standard InChI is InChI=1S/C35H32F4N6O3S/c36-31-10-3-1-7-26(31)21-42-14-16-43(17-15-42)30-12-13-34-33(19-30)48-32-11-4-2-8-27(32)22-45(49(34,46)47)24-29-23-44(41-40-29)20-25-6-5-9-28(18-25)35(37,38)39/h1-13,18-19,23H,14-17,20-22,24H2. The van der Waals surface area contributed by atoms with Gasteiger partial charge in [0.25, 0.3) is 0 Å². The average molecular weight is 693 g/mol. The molecular formula is C35H32F4N6O3S. The fourth-order valence-electron chi connectivity index (χ4n) is 6.13. The number of sulfonamides is 1. The fourth-order valence-corrected chi connectivity index (χ4v) is 7.61. The van der Waals surface area contributed by atoms with E-state index in [-0.39, 0.29) is 36.1 Å².